The second-order valence-corrected chi connectivity index (χ2v) is 7.34. The van der Waals surface area contributed by atoms with Gasteiger partial charge in [-0.1, -0.05) is 24.3 Å². The van der Waals surface area contributed by atoms with Crippen LogP contribution in [0.15, 0.2) is 36.4 Å². The van der Waals surface area contributed by atoms with Crippen LogP contribution in [-0.2, 0) is 9.59 Å². The fourth-order valence-corrected chi connectivity index (χ4v) is 5.20. The van der Waals surface area contributed by atoms with Crippen LogP contribution in [0.3, 0.4) is 0 Å². The zero-order chi connectivity index (χ0) is 15.9. The number of fused-ring (bicyclic) bond motifs is 3. The minimum absolute atomic E-state index is 0.0650. The number of amides is 2. The maximum absolute atomic E-state index is 13.0. The van der Waals surface area contributed by atoms with Crippen molar-refractivity contribution in [1.29, 1.82) is 0 Å². The second kappa shape index (κ2) is 3.99. The Morgan fingerprint density at radius 1 is 1.09 bits per heavy atom. The monoisotopic (exact) mass is 307 g/mol. The summed E-state index contributed by atoms with van der Waals surface area (Å²) < 4.78 is 0. The number of nitrogens with zero attached hydrogens (tertiary/aromatic N) is 1. The molecule has 1 heterocycles. The molecule has 1 saturated heterocycles. The summed E-state index contributed by atoms with van der Waals surface area (Å²) in [5.74, 6) is -0.149. The van der Waals surface area contributed by atoms with Crippen molar-refractivity contribution >= 4 is 23.3 Å². The van der Waals surface area contributed by atoms with E-state index < -0.39 is 0 Å². The number of carbonyl (C=O) groups is 3. The molecule has 2 amide bonds. The molecule has 3 fully saturated rings. The highest BCUT2D eigenvalue weighted by Crippen LogP contribution is 2.73. The largest absolute Gasteiger partial charge is 0.295 e. The van der Waals surface area contributed by atoms with Crippen molar-refractivity contribution in [2.75, 3.05) is 4.90 Å². The smallest absolute Gasteiger partial charge is 0.238 e. The number of benzene rings is 1. The Balaban J connectivity index is 1.56. The van der Waals surface area contributed by atoms with E-state index in [1.54, 1.807) is 24.3 Å². The van der Waals surface area contributed by atoms with Gasteiger partial charge in [0, 0.05) is 5.56 Å². The molecule has 1 aromatic rings. The molecule has 1 aliphatic heterocycles. The molecular weight excluding hydrogens is 290 g/mol. The lowest BCUT2D eigenvalue weighted by Gasteiger charge is -2.22. The van der Waals surface area contributed by atoms with Crippen molar-refractivity contribution in [3.05, 3.63) is 42.0 Å². The van der Waals surface area contributed by atoms with E-state index in [0.29, 0.717) is 11.3 Å². The first-order valence-corrected chi connectivity index (χ1v) is 8.22. The molecule has 4 aliphatic rings. The van der Waals surface area contributed by atoms with Crippen molar-refractivity contribution in [2.45, 2.75) is 19.8 Å². The van der Waals surface area contributed by atoms with Gasteiger partial charge >= 0.3 is 0 Å². The molecule has 4 atom stereocenters. The van der Waals surface area contributed by atoms with Crippen LogP contribution >= 0.6 is 0 Å². The highest BCUT2D eigenvalue weighted by molar-refractivity contribution is 6.23. The molecule has 0 radical (unpaired) electrons. The summed E-state index contributed by atoms with van der Waals surface area (Å²) in [6.07, 6.45) is 6.62. The lowest BCUT2D eigenvalue weighted by molar-refractivity contribution is -0.123. The first kappa shape index (κ1) is 13.2. The standard InChI is InChI=1S/C19H17NO3/c1-10(21)11-3-2-4-12(9-11)20-17(22)15-13-5-6-14(16(15)18(20)23)19(13)7-8-19/h2-6,9,13-16H,7-8H2,1H3/t13-,14+,15-,16-/m0/s1. The number of rotatable bonds is 2. The minimum atomic E-state index is -0.194. The molecule has 5 rings (SSSR count). The second-order valence-electron chi connectivity index (χ2n) is 7.34. The van der Waals surface area contributed by atoms with Crippen LogP contribution in [-0.4, -0.2) is 17.6 Å². The predicted molar refractivity (Wildman–Crippen MR) is 83.7 cm³/mol. The topological polar surface area (TPSA) is 54.5 Å². The maximum Gasteiger partial charge on any atom is 0.238 e. The van der Waals surface area contributed by atoms with E-state index in [1.165, 1.54) is 11.8 Å². The van der Waals surface area contributed by atoms with Crippen LogP contribution in [0.2, 0.25) is 0 Å². The third-order valence-electron chi connectivity index (χ3n) is 6.36. The Hall–Kier alpha value is -2.23. The number of Topliss-reactive ketones (excluding diaryl/α,β-unsaturated/α-hetero) is 1. The van der Waals surface area contributed by atoms with Gasteiger partial charge in [-0.15, -0.1) is 0 Å². The van der Waals surface area contributed by atoms with E-state index in [2.05, 4.69) is 12.2 Å². The molecule has 1 spiro atoms. The normalized spacial score (nSPS) is 35.3. The van der Waals surface area contributed by atoms with Crippen LogP contribution in [0, 0.1) is 29.1 Å². The molecule has 0 aromatic heterocycles. The lowest BCUT2D eigenvalue weighted by Crippen LogP contribution is -2.34. The van der Waals surface area contributed by atoms with Gasteiger partial charge in [-0.25, -0.2) is 4.90 Å². The Labute approximate surface area is 134 Å². The van der Waals surface area contributed by atoms with E-state index in [-0.39, 0.29) is 46.7 Å². The van der Waals surface area contributed by atoms with Gasteiger partial charge in [-0.05, 0) is 49.1 Å². The average molecular weight is 307 g/mol. The maximum atomic E-state index is 13.0. The Morgan fingerprint density at radius 3 is 2.22 bits per heavy atom. The summed E-state index contributed by atoms with van der Waals surface area (Å²) in [5, 5.41) is 0. The average Bonchev–Trinajstić information content (AvgIpc) is 3.13. The summed E-state index contributed by atoms with van der Waals surface area (Å²) in [5.41, 5.74) is 1.28. The summed E-state index contributed by atoms with van der Waals surface area (Å²) in [6, 6.07) is 6.84. The summed E-state index contributed by atoms with van der Waals surface area (Å²) in [7, 11) is 0. The molecular formula is C19H17NO3. The zero-order valence-corrected chi connectivity index (χ0v) is 12.9. The van der Waals surface area contributed by atoms with Crippen molar-refractivity contribution in [1.82, 2.24) is 0 Å². The van der Waals surface area contributed by atoms with Gasteiger partial charge in [-0.2, -0.15) is 0 Å². The number of imide groups is 1. The SMILES string of the molecule is CC(=O)c1cccc(N2C(=O)[C@@H]3[C@@H](C2=O)[C@@H]2C=C[C@H]3C23CC3)c1. The molecule has 3 aliphatic carbocycles. The van der Waals surface area contributed by atoms with E-state index in [1.807, 2.05) is 0 Å². The number of allylic oxidation sites excluding steroid dienone is 2. The summed E-state index contributed by atoms with van der Waals surface area (Å²) >= 11 is 0. The molecule has 4 heteroatoms. The Bertz CT molecular complexity index is 771. The molecule has 2 saturated carbocycles. The Kier molecular flexibility index (Phi) is 2.30. The van der Waals surface area contributed by atoms with Crippen molar-refractivity contribution < 1.29 is 14.4 Å². The number of ketones is 1. The van der Waals surface area contributed by atoms with Crippen LogP contribution in [0.5, 0.6) is 0 Å². The molecule has 23 heavy (non-hydrogen) atoms. The van der Waals surface area contributed by atoms with Crippen LogP contribution in [0.4, 0.5) is 5.69 Å². The lowest BCUT2D eigenvalue weighted by atomic mass is 9.85. The molecule has 2 bridgehead atoms. The van der Waals surface area contributed by atoms with E-state index in [0.717, 1.165) is 12.8 Å². The number of hydrogen-bond acceptors (Lipinski definition) is 3. The zero-order valence-electron chi connectivity index (χ0n) is 12.9. The van der Waals surface area contributed by atoms with Gasteiger partial charge in [0.15, 0.2) is 5.78 Å². The fraction of sp³-hybridized carbons (Fsp3) is 0.421. The number of carbonyl (C=O) groups excluding carboxylic acids is 3. The van der Waals surface area contributed by atoms with E-state index >= 15 is 0 Å². The van der Waals surface area contributed by atoms with Crippen LogP contribution < -0.4 is 4.90 Å². The van der Waals surface area contributed by atoms with Crippen LogP contribution in [0.25, 0.3) is 0 Å². The molecule has 1 aromatic carbocycles. The first-order valence-electron chi connectivity index (χ1n) is 8.22. The number of hydrogen-bond donors (Lipinski definition) is 0. The van der Waals surface area contributed by atoms with Crippen molar-refractivity contribution in [3.63, 3.8) is 0 Å². The van der Waals surface area contributed by atoms with Gasteiger partial charge in [0.25, 0.3) is 0 Å². The van der Waals surface area contributed by atoms with Gasteiger partial charge in [0.1, 0.15) is 0 Å². The quantitative estimate of drug-likeness (QED) is 0.479. The third-order valence-corrected chi connectivity index (χ3v) is 6.36. The fourth-order valence-electron chi connectivity index (χ4n) is 5.20. The molecule has 116 valence electrons. The van der Waals surface area contributed by atoms with E-state index in [9.17, 15) is 14.4 Å². The highest BCUT2D eigenvalue weighted by atomic mass is 16.2. The van der Waals surface area contributed by atoms with Gasteiger partial charge in [0.2, 0.25) is 11.8 Å². The molecule has 0 unspecified atom stereocenters. The Morgan fingerprint density at radius 2 is 1.70 bits per heavy atom. The van der Waals surface area contributed by atoms with Crippen LogP contribution in [0.1, 0.15) is 30.1 Å². The first-order chi connectivity index (χ1) is 11.0. The summed E-state index contributed by atoms with van der Waals surface area (Å²) in [4.78, 5) is 38.8. The predicted octanol–water partition coefficient (Wildman–Crippen LogP) is 2.59. The minimum Gasteiger partial charge on any atom is -0.295 e. The van der Waals surface area contributed by atoms with Crippen molar-refractivity contribution in [3.8, 4) is 0 Å². The summed E-state index contributed by atoms with van der Waals surface area (Å²) in [6.45, 7) is 1.49. The van der Waals surface area contributed by atoms with E-state index in [4.69, 9.17) is 0 Å². The number of anilines is 1. The third kappa shape index (κ3) is 1.44. The van der Waals surface area contributed by atoms with Gasteiger partial charge in [-0.3, -0.25) is 14.4 Å². The van der Waals surface area contributed by atoms with Gasteiger partial charge in [0.05, 0.1) is 17.5 Å². The molecule has 4 nitrogen and oxygen atoms in total. The highest BCUT2D eigenvalue weighted by Gasteiger charge is 2.73. The molecule has 0 N–H and O–H groups in total. The van der Waals surface area contributed by atoms with Gasteiger partial charge < -0.3 is 0 Å². The van der Waals surface area contributed by atoms with Crippen molar-refractivity contribution in [2.24, 2.45) is 29.1 Å².